The maximum Gasteiger partial charge on any atom is 0.243 e. The molecular weight excluding hydrogens is 445 g/mol. The fourth-order valence-corrected chi connectivity index (χ4v) is 6.06. The van der Waals surface area contributed by atoms with Crippen LogP contribution in [0.2, 0.25) is 0 Å². The van der Waals surface area contributed by atoms with E-state index in [1.54, 1.807) is 41.3 Å². The first-order chi connectivity index (χ1) is 15.9. The molecule has 0 saturated carbocycles. The van der Waals surface area contributed by atoms with Crippen LogP contribution in [0.15, 0.2) is 47.4 Å². The number of sulfonamides is 1. The zero-order valence-corrected chi connectivity index (χ0v) is 19.7. The van der Waals surface area contributed by atoms with E-state index in [2.05, 4.69) is 0 Å². The number of anilines is 1. The van der Waals surface area contributed by atoms with Gasteiger partial charge in [-0.3, -0.25) is 4.79 Å². The van der Waals surface area contributed by atoms with E-state index >= 15 is 0 Å². The van der Waals surface area contributed by atoms with Crippen molar-refractivity contribution in [3.8, 4) is 5.75 Å². The van der Waals surface area contributed by atoms with Crippen molar-refractivity contribution < 1.29 is 22.3 Å². The van der Waals surface area contributed by atoms with Crippen LogP contribution in [-0.2, 0) is 21.2 Å². The Bertz CT molecular complexity index is 1090. The first kappa shape index (κ1) is 23.5. The Morgan fingerprint density at radius 3 is 2.36 bits per heavy atom. The van der Waals surface area contributed by atoms with Crippen LogP contribution in [0.4, 0.5) is 10.1 Å². The standard InChI is InChI=1S/C24H30FN3O4S/c1-32-23-10-9-20(33(30,31)28-12-4-5-13-28)18-19(23)8-11-24(29)27-16-14-26(15-17-27)22-7-3-2-6-21(22)25/h2-3,6-7,9-10,18H,4-5,8,11-17H2,1H3. The average Bonchev–Trinajstić information content (AvgIpc) is 3.39. The number of hydrogen-bond acceptors (Lipinski definition) is 5. The Balaban J connectivity index is 1.38. The fraction of sp³-hybridized carbons (Fsp3) is 0.458. The smallest absolute Gasteiger partial charge is 0.243 e. The van der Waals surface area contributed by atoms with Crippen LogP contribution in [0, 0.1) is 5.82 Å². The van der Waals surface area contributed by atoms with Crippen LogP contribution in [0.3, 0.4) is 0 Å². The molecule has 2 aliphatic rings. The van der Waals surface area contributed by atoms with E-state index in [9.17, 15) is 17.6 Å². The molecule has 0 bridgehead atoms. The molecule has 0 unspecified atom stereocenters. The number of benzene rings is 2. The van der Waals surface area contributed by atoms with Crippen LogP contribution < -0.4 is 9.64 Å². The van der Waals surface area contributed by atoms with Gasteiger partial charge in [0, 0.05) is 45.7 Å². The number of amides is 1. The number of methoxy groups -OCH3 is 1. The summed E-state index contributed by atoms with van der Waals surface area (Å²) in [6.07, 6.45) is 2.39. The Morgan fingerprint density at radius 2 is 1.70 bits per heavy atom. The van der Waals surface area contributed by atoms with Gasteiger partial charge in [0.05, 0.1) is 17.7 Å². The van der Waals surface area contributed by atoms with Crippen molar-refractivity contribution in [1.82, 2.24) is 9.21 Å². The second-order valence-corrected chi connectivity index (χ2v) is 10.3. The molecule has 1 amide bonds. The SMILES string of the molecule is COc1ccc(S(=O)(=O)N2CCCC2)cc1CCC(=O)N1CCN(c2ccccc2F)CC1. The normalized spacial score (nSPS) is 17.4. The highest BCUT2D eigenvalue weighted by molar-refractivity contribution is 7.89. The van der Waals surface area contributed by atoms with Gasteiger partial charge in [-0.1, -0.05) is 12.1 Å². The van der Waals surface area contributed by atoms with E-state index in [0.717, 1.165) is 12.8 Å². The summed E-state index contributed by atoms with van der Waals surface area (Å²) in [7, 11) is -2.00. The first-order valence-electron chi connectivity index (χ1n) is 11.3. The predicted molar refractivity (Wildman–Crippen MR) is 125 cm³/mol. The summed E-state index contributed by atoms with van der Waals surface area (Å²) in [6, 6.07) is 11.5. The van der Waals surface area contributed by atoms with Gasteiger partial charge in [-0.2, -0.15) is 4.31 Å². The molecule has 0 aromatic heterocycles. The van der Waals surface area contributed by atoms with E-state index < -0.39 is 10.0 Å². The quantitative estimate of drug-likeness (QED) is 0.616. The summed E-state index contributed by atoms with van der Waals surface area (Å²) in [5.74, 6) is 0.318. The molecule has 4 rings (SSSR count). The summed E-state index contributed by atoms with van der Waals surface area (Å²) in [5.41, 5.74) is 1.27. The van der Waals surface area contributed by atoms with Gasteiger partial charge in [-0.05, 0) is 55.2 Å². The molecule has 9 heteroatoms. The van der Waals surface area contributed by atoms with Crippen LogP contribution in [0.5, 0.6) is 5.75 Å². The Labute approximate surface area is 194 Å². The molecule has 2 fully saturated rings. The molecule has 2 aromatic carbocycles. The summed E-state index contributed by atoms with van der Waals surface area (Å²) in [6.45, 7) is 3.27. The lowest BCUT2D eigenvalue weighted by molar-refractivity contribution is -0.131. The average molecular weight is 476 g/mol. The highest BCUT2D eigenvalue weighted by Crippen LogP contribution is 2.28. The highest BCUT2D eigenvalue weighted by Gasteiger charge is 2.28. The predicted octanol–water partition coefficient (Wildman–Crippen LogP) is 2.90. The molecule has 0 radical (unpaired) electrons. The van der Waals surface area contributed by atoms with Gasteiger partial charge in [-0.15, -0.1) is 0 Å². The Morgan fingerprint density at radius 1 is 1.00 bits per heavy atom. The maximum atomic E-state index is 14.0. The summed E-state index contributed by atoms with van der Waals surface area (Å²) in [4.78, 5) is 16.8. The number of rotatable bonds is 7. The van der Waals surface area contributed by atoms with E-state index in [1.807, 2.05) is 4.90 Å². The zero-order chi connectivity index (χ0) is 23.4. The van der Waals surface area contributed by atoms with Gasteiger partial charge in [0.15, 0.2) is 0 Å². The molecule has 178 valence electrons. The van der Waals surface area contributed by atoms with Crippen molar-refractivity contribution in [3.63, 3.8) is 0 Å². The van der Waals surface area contributed by atoms with Crippen molar-refractivity contribution in [1.29, 1.82) is 0 Å². The van der Waals surface area contributed by atoms with Gasteiger partial charge in [0.25, 0.3) is 0 Å². The van der Waals surface area contributed by atoms with E-state index in [-0.39, 0.29) is 23.0 Å². The third-order valence-electron chi connectivity index (χ3n) is 6.39. The molecule has 7 nitrogen and oxygen atoms in total. The lowest BCUT2D eigenvalue weighted by atomic mass is 10.1. The van der Waals surface area contributed by atoms with Crippen molar-refractivity contribution >= 4 is 21.6 Å². The molecule has 2 aromatic rings. The fourth-order valence-electron chi connectivity index (χ4n) is 4.49. The second kappa shape index (κ2) is 10.1. The van der Waals surface area contributed by atoms with Crippen molar-refractivity contribution in [3.05, 3.63) is 53.8 Å². The van der Waals surface area contributed by atoms with Gasteiger partial charge in [-0.25, -0.2) is 12.8 Å². The molecular formula is C24H30FN3O4S. The van der Waals surface area contributed by atoms with Gasteiger partial charge in [0.1, 0.15) is 11.6 Å². The Kier molecular flexibility index (Phi) is 7.19. The molecule has 0 aliphatic carbocycles. The number of ether oxygens (including phenoxy) is 1. The minimum atomic E-state index is -3.53. The number of aryl methyl sites for hydroxylation is 1. The maximum absolute atomic E-state index is 14.0. The Hall–Kier alpha value is -2.65. The van der Waals surface area contributed by atoms with E-state index in [0.29, 0.717) is 62.7 Å². The molecule has 2 saturated heterocycles. The van der Waals surface area contributed by atoms with Crippen LogP contribution in [0.25, 0.3) is 0 Å². The van der Waals surface area contributed by atoms with E-state index in [1.165, 1.54) is 17.5 Å². The molecule has 33 heavy (non-hydrogen) atoms. The number of piperazine rings is 1. The number of carbonyl (C=O) groups excluding carboxylic acids is 1. The second-order valence-electron chi connectivity index (χ2n) is 8.40. The molecule has 2 heterocycles. The van der Waals surface area contributed by atoms with Crippen molar-refractivity contribution in [2.75, 3.05) is 51.3 Å². The summed E-state index contributed by atoms with van der Waals surface area (Å²) >= 11 is 0. The number of hydrogen-bond donors (Lipinski definition) is 0. The number of carbonyl (C=O) groups is 1. The molecule has 0 N–H and O–H groups in total. The van der Waals surface area contributed by atoms with Gasteiger partial charge < -0.3 is 14.5 Å². The van der Waals surface area contributed by atoms with Gasteiger partial charge >= 0.3 is 0 Å². The third kappa shape index (κ3) is 5.14. The van der Waals surface area contributed by atoms with Crippen LogP contribution in [-0.4, -0.2) is 69.9 Å². The third-order valence-corrected chi connectivity index (χ3v) is 8.28. The first-order valence-corrected chi connectivity index (χ1v) is 12.8. The molecule has 0 atom stereocenters. The number of nitrogens with zero attached hydrogens (tertiary/aromatic N) is 3. The number of para-hydroxylation sites is 1. The minimum Gasteiger partial charge on any atom is -0.496 e. The van der Waals surface area contributed by atoms with Crippen molar-refractivity contribution in [2.45, 2.75) is 30.6 Å². The minimum absolute atomic E-state index is 0.00182. The summed E-state index contributed by atoms with van der Waals surface area (Å²) < 4.78 is 46.8. The number of halogens is 1. The van der Waals surface area contributed by atoms with Crippen molar-refractivity contribution in [2.24, 2.45) is 0 Å². The topological polar surface area (TPSA) is 70.2 Å². The molecule has 2 aliphatic heterocycles. The zero-order valence-electron chi connectivity index (χ0n) is 18.9. The summed E-state index contributed by atoms with van der Waals surface area (Å²) in [5, 5.41) is 0. The lowest BCUT2D eigenvalue weighted by Gasteiger charge is -2.36. The molecule has 0 spiro atoms. The van der Waals surface area contributed by atoms with Gasteiger partial charge in [0.2, 0.25) is 15.9 Å². The van der Waals surface area contributed by atoms with E-state index in [4.69, 9.17) is 4.74 Å². The van der Waals surface area contributed by atoms with Crippen LogP contribution in [0.1, 0.15) is 24.8 Å². The largest absolute Gasteiger partial charge is 0.496 e. The van der Waals surface area contributed by atoms with Crippen LogP contribution >= 0.6 is 0 Å². The monoisotopic (exact) mass is 475 g/mol. The highest BCUT2D eigenvalue weighted by atomic mass is 32.2. The lowest BCUT2D eigenvalue weighted by Crippen LogP contribution is -2.49.